The fourth-order valence-corrected chi connectivity index (χ4v) is 2.72. The molecule has 0 radical (unpaired) electrons. The Bertz CT molecular complexity index is 579. The molecular formula is C12H17N5O2S. The van der Waals surface area contributed by atoms with Crippen LogP contribution in [0.1, 0.15) is 28.5 Å². The minimum absolute atomic E-state index is 0.0398. The predicted octanol–water partition coefficient (Wildman–Crippen LogP) is 2.14. The number of rotatable bonds is 5. The van der Waals surface area contributed by atoms with Crippen LogP contribution in [0.15, 0.2) is 0 Å². The highest BCUT2D eigenvalue weighted by atomic mass is 32.1. The Morgan fingerprint density at radius 2 is 1.60 bits per heavy atom. The van der Waals surface area contributed by atoms with Gasteiger partial charge in [0.25, 0.3) is 0 Å². The number of thiazole rings is 1. The van der Waals surface area contributed by atoms with Gasteiger partial charge in [-0.3, -0.25) is 0 Å². The molecule has 0 spiro atoms. The van der Waals surface area contributed by atoms with E-state index in [9.17, 15) is 0 Å². The lowest BCUT2D eigenvalue weighted by Gasteiger charge is -2.13. The van der Waals surface area contributed by atoms with E-state index in [1.165, 1.54) is 14.2 Å². The molecule has 0 aliphatic heterocycles. The molecule has 7 nitrogen and oxygen atoms in total. The number of methoxy groups -OCH3 is 2. The first-order valence-corrected chi connectivity index (χ1v) is 6.89. The van der Waals surface area contributed by atoms with Crippen molar-refractivity contribution in [2.75, 3.05) is 19.5 Å². The number of hydrogen-bond acceptors (Lipinski definition) is 8. The largest absolute Gasteiger partial charge is 0.467 e. The Morgan fingerprint density at radius 1 is 1.00 bits per heavy atom. The van der Waals surface area contributed by atoms with E-state index in [1.807, 2.05) is 20.8 Å². The molecule has 0 aromatic carbocycles. The quantitative estimate of drug-likeness (QED) is 0.904. The first-order valence-electron chi connectivity index (χ1n) is 6.08. The van der Waals surface area contributed by atoms with Gasteiger partial charge in [-0.15, -0.1) is 16.3 Å². The van der Waals surface area contributed by atoms with Gasteiger partial charge in [0.05, 0.1) is 31.0 Å². The smallest absolute Gasteiger partial charge is 0.324 e. The van der Waals surface area contributed by atoms with Crippen molar-refractivity contribution in [3.8, 4) is 12.0 Å². The van der Waals surface area contributed by atoms with Gasteiger partial charge < -0.3 is 14.8 Å². The molecule has 2 aromatic heterocycles. The molecule has 2 heterocycles. The lowest BCUT2D eigenvalue weighted by Crippen LogP contribution is -2.11. The van der Waals surface area contributed by atoms with Crippen LogP contribution < -0.4 is 14.8 Å². The third-order valence-corrected chi connectivity index (χ3v) is 3.89. The molecule has 0 saturated heterocycles. The maximum Gasteiger partial charge on any atom is 0.324 e. The Balaban J connectivity index is 2.22. The SMILES string of the molecule is COc1nc(NC(C)c2sc(C)nc2C)nc(OC)n1. The summed E-state index contributed by atoms with van der Waals surface area (Å²) in [5.41, 5.74) is 1.01. The van der Waals surface area contributed by atoms with Crippen molar-refractivity contribution in [3.63, 3.8) is 0 Å². The van der Waals surface area contributed by atoms with E-state index in [-0.39, 0.29) is 18.1 Å². The summed E-state index contributed by atoms with van der Waals surface area (Å²) < 4.78 is 10.0. The van der Waals surface area contributed by atoms with Crippen molar-refractivity contribution in [1.82, 2.24) is 19.9 Å². The van der Waals surface area contributed by atoms with Gasteiger partial charge in [-0.2, -0.15) is 9.97 Å². The highest BCUT2D eigenvalue weighted by Crippen LogP contribution is 2.27. The molecule has 1 N–H and O–H groups in total. The van der Waals surface area contributed by atoms with Crippen LogP contribution in [0.5, 0.6) is 12.0 Å². The molecule has 2 aromatic rings. The second-order valence-electron chi connectivity index (χ2n) is 4.18. The molecule has 8 heteroatoms. The molecule has 0 fully saturated rings. The van der Waals surface area contributed by atoms with E-state index < -0.39 is 0 Å². The molecule has 108 valence electrons. The summed E-state index contributed by atoms with van der Waals surface area (Å²) in [6.45, 7) is 6.01. The third kappa shape index (κ3) is 3.13. The fraction of sp³-hybridized carbons (Fsp3) is 0.500. The van der Waals surface area contributed by atoms with E-state index in [4.69, 9.17) is 9.47 Å². The Morgan fingerprint density at radius 3 is 2.05 bits per heavy atom. The van der Waals surface area contributed by atoms with E-state index in [0.29, 0.717) is 5.95 Å². The van der Waals surface area contributed by atoms with Crippen LogP contribution in [0.25, 0.3) is 0 Å². The summed E-state index contributed by atoms with van der Waals surface area (Å²) in [5, 5.41) is 4.25. The number of aromatic nitrogens is 4. The number of anilines is 1. The van der Waals surface area contributed by atoms with E-state index in [2.05, 4.69) is 25.3 Å². The van der Waals surface area contributed by atoms with Gasteiger partial charge in [-0.1, -0.05) is 0 Å². The topological polar surface area (TPSA) is 82.0 Å². The van der Waals surface area contributed by atoms with Crippen LogP contribution in [-0.4, -0.2) is 34.2 Å². The van der Waals surface area contributed by atoms with E-state index in [0.717, 1.165) is 15.6 Å². The molecule has 0 aliphatic rings. The number of nitrogens with one attached hydrogen (secondary N) is 1. The third-order valence-electron chi connectivity index (χ3n) is 2.64. The van der Waals surface area contributed by atoms with Crippen LogP contribution >= 0.6 is 11.3 Å². The second kappa shape index (κ2) is 6.00. The zero-order valence-corrected chi connectivity index (χ0v) is 12.9. The van der Waals surface area contributed by atoms with Gasteiger partial charge in [0, 0.05) is 4.88 Å². The maximum atomic E-state index is 5.02. The minimum Gasteiger partial charge on any atom is -0.467 e. The van der Waals surface area contributed by atoms with Crippen LogP contribution in [0.2, 0.25) is 0 Å². The molecule has 0 saturated carbocycles. The molecular weight excluding hydrogens is 278 g/mol. The zero-order valence-electron chi connectivity index (χ0n) is 12.1. The highest BCUT2D eigenvalue weighted by molar-refractivity contribution is 7.11. The second-order valence-corrected chi connectivity index (χ2v) is 5.42. The van der Waals surface area contributed by atoms with Gasteiger partial charge in [0.15, 0.2) is 0 Å². The van der Waals surface area contributed by atoms with Gasteiger partial charge in [0.2, 0.25) is 5.95 Å². The molecule has 1 unspecified atom stereocenters. The Labute approximate surface area is 121 Å². The van der Waals surface area contributed by atoms with Crippen LogP contribution in [0, 0.1) is 13.8 Å². The number of hydrogen-bond donors (Lipinski definition) is 1. The van der Waals surface area contributed by atoms with Crippen molar-refractivity contribution in [1.29, 1.82) is 0 Å². The summed E-state index contributed by atoms with van der Waals surface area (Å²) in [6.07, 6.45) is 0. The maximum absolute atomic E-state index is 5.02. The van der Waals surface area contributed by atoms with Crippen molar-refractivity contribution < 1.29 is 9.47 Å². The average Bonchev–Trinajstić information content (AvgIpc) is 2.77. The average molecular weight is 295 g/mol. The first kappa shape index (κ1) is 14.4. The summed E-state index contributed by atoms with van der Waals surface area (Å²) >= 11 is 1.65. The summed E-state index contributed by atoms with van der Waals surface area (Å²) in [6, 6.07) is 0.463. The molecule has 2 rings (SSSR count). The lowest BCUT2D eigenvalue weighted by molar-refractivity contribution is 0.341. The highest BCUT2D eigenvalue weighted by Gasteiger charge is 2.15. The number of aryl methyl sites for hydroxylation is 2. The minimum atomic E-state index is 0.0398. The van der Waals surface area contributed by atoms with Gasteiger partial charge in [-0.25, -0.2) is 4.98 Å². The van der Waals surface area contributed by atoms with E-state index in [1.54, 1.807) is 11.3 Å². The monoisotopic (exact) mass is 295 g/mol. The Kier molecular flexibility index (Phi) is 4.33. The van der Waals surface area contributed by atoms with Crippen LogP contribution in [-0.2, 0) is 0 Å². The molecule has 0 amide bonds. The number of nitrogens with zero attached hydrogens (tertiary/aromatic N) is 4. The van der Waals surface area contributed by atoms with E-state index >= 15 is 0 Å². The number of ether oxygens (including phenoxy) is 2. The summed E-state index contributed by atoms with van der Waals surface area (Å²) in [4.78, 5) is 17.8. The first-order chi connectivity index (χ1) is 9.53. The lowest BCUT2D eigenvalue weighted by atomic mass is 10.2. The van der Waals surface area contributed by atoms with Crippen LogP contribution in [0.4, 0.5) is 5.95 Å². The molecule has 20 heavy (non-hydrogen) atoms. The summed E-state index contributed by atoms with van der Waals surface area (Å²) in [7, 11) is 3.00. The van der Waals surface area contributed by atoms with Gasteiger partial charge >= 0.3 is 12.0 Å². The summed E-state index contributed by atoms with van der Waals surface area (Å²) in [5.74, 6) is 0.409. The fourth-order valence-electron chi connectivity index (χ4n) is 1.79. The van der Waals surface area contributed by atoms with Crippen molar-refractivity contribution in [2.45, 2.75) is 26.8 Å². The molecule has 1 atom stereocenters. The van der Waals surface area contributed by atoms with Gasteiger partial charge in [0.1, 0.15) is 0 Å². The normalized spacial score (nSPS) is 12.1. The van der Waals surface area contributed by atoms with Crippen LogP contribution in [0.3, 0.4) is 0 Å². The predicted molar refractivity (Wildman–Crippen MR) is 76.6 cm³/mol. The van der Waals surface area contributed by atoms with Crippen molar-refractivity contribution >= 4 is 17.3 Å². The van der Waals surface area contributed by atoms with Crippen molar-refractivity contribution in [2.24, 2.45) is 0 Å². The van der Waals surface area contributed by atoms with Gasteiger partial charge in [-0.05, 0) is 20.8 Å². The molecule has 0 bridgehead atoms. The standard InChI is InChI=1S/C12H17N5O2S/c1-6-9(20-8(3)13-6)7(2)14-10-15-11(18-4)17-12(16-10)19-5/h7H,1-5H3,(H,14,15,16,17). The van der Waals surface area contributed by atoms with Crippen molar-refractivity contribution in [3.05, 3.63) is 15.6 Å². The Hall–Kier alpha value is -1.96. The zero-order chi connectivity index (χ0) is 14.7. The molecule has 0 aliphatic carbocycles.